The number of Topliss-reactive ketones (excluding diaryl/α,β-unsaturated/α-hetero) is 1. The monoisotopic (exact) mass is 211 g/mol. The first kappa shape index (κ1) is 10.7. The van der Waals surface area contributed by atoms with Crippen LogP contribution >= 0.6 is 11.6 Å². The van der Waals surface area contributed by atoms with Crippen molar-refractivity contribution in [2.45, 2.75) is 13.3 Å². The third kappa shape index (κ3) is 2.12. The number of carbonyl (C=O) groups excluding carboxylic acids is 2. The zero-order valence-electron chi connectivity index (χ0n) is 7.71. The molecule has 74 valence electrons. The van der Waals surface area contributed by atoms with Gasteiger partial charge in [0.05, 0.1) is 5.02 Å². The summed E-state index contributed by atoms with van der Waals surface area (Å²) in [4.78, 5) is 22.2. The van der Waals surface area contributed by atoms with E-state index in [4.69, 9.17) is 17.3 Å². The third-order valence-corrected chi connectivity index (χ3v) is 2.20. The Labute approximate surface area is 86.9 Å². The maximum atomic E-state index is 11.4. The van der Waals surface area contributed by atoms with Gasteiger partial charge in [-0.1, -0.05) is 18.5 Å². The highest BCUT2D eigenvalue weighted by atomic mass is 35.5. The van der Waals surface area contributed by atoms with Crippen LogP contribution in [0.2, 0.25) is 5.02 Å². The van der Waals surface area contributed by atoms with Crippen molar-refractivity contribution < 1.29 is 9.59 Å². The highest BCUT2D eigenvalue weighted by Gasteiger charge is 2.10. The summed E-state index contributed by atoms with van der Waals surface area (Å²) in [5, 5.41) is 0.349. The molecule has 1 aromatic carbocycles. The first-order valence-electron chi connectivity index (χ1n) is 4.18. The molecule has 0 heterocycles. The van der Waals surface area contributed by atoms with Crippen molar-refractivity contribution in [3.8, 4) is 0 Å². The lowest BCUT2D eigenvalue weighted by atomic mass is 10.1. The van der Waals surface area contributed by atoms with Gasteiger partial charge in [0, 0.05) is 17.5 Å². The lowest BCUT2D eigenvalue weighted by molar-refractivity contribution is 0.0988. The Balaban J connectivity index is 3.21. The standard InChI is InChI=1S/C10H10ClNO2/c1-2-9(13)7-5-6(10(12)14)3-4-8(7)11/h3-5H,2H2,1H3,(H2,12,14). The van der Waals surface area contributed by atoms with Crippen LogP contribution in [-0.2, 0) is 0 Å². The lowest BCUT2D eigenvalue weighted by Crippen LogP contribution is -2.12. The zero-order chi connectivity index (χ0) is 10.7. The molecule has 0 fully saturated rings. The van der Waals surface area contributed by atoms with E-state index in [0.717, 1.165) is 0 Å². The Morgan fingerprint density at radius 3 is 2.57 bits per heavy atom. The van der Waals surface area contributed by atoms with Crippen molar-refractivity contribution in [3.05, 3.63) is 34.3 Å². The van der Waals surface area contributed by atoms with Gasteiger partial charge in [0.2, 0.25) is 5.91 Å². The maximum Gasteiger partial charge on any atom is 0.248 e. The van der Waals surface area contributed by atoms with E-state index in [2.05, 4.69) is 0 Å². The summed E-state index contributed by atoms with van der Waals surface area (Å²) in [6.45, 7) is 1.73. The first-order valence-corrected chi connectivity index (χ1v) is 4.56. The Morgan fingerprint density at radius 1 is 1.43 bits per heavy atom. The van der Waals surface area contributed by atoms with Crippen LogP contribution < -0.4 is 5.73 Å². The summed E-state index contributed by atoms with van der Waals surface area (Å²) in [6, 6.07) is 4.43. The molecule has 0 aliphatic carbocycles. The molecule has 1 rings (SSSR count). The molecule has 0 aliphatic rings. The van der Waals surface area contributed by atoms with Gasteiger partial charge < -0.3 is 5.73 Å². The van der Waals surface area contributed by atoms with Crippen LogP contribution in [-0.4, -0.2) is 11.7 Å². The molecule has 2 N–H and O–H groups in total. The molecule has 0 saturated carbocycles. The van der Waals surface area contributed by atoms with E-state index in [1.165, 1.54) is 18.2 Å². The number of rotatable bonds is 3. The number of benzene rings is 1. The molecule has 0 spiro atoms. The van der Waals surface area contributed by atoms with Gasteiger partial charge in [-0.05, 0) is 18.2 Å². The first-order chi connectivity index (χ1) is 6.56. The normalized spacial score (nSPS) is 9.86. The van der Waals surface area contributed by atoms with E-state index in [0.29, 0.717) is 22.6 Å². The van der Waals surface area contributed by atoms with Crippen LogP contribution in [0.25, 0.3) is 0 Å². The van der Waals surface area contributed by atoms with Gasteiger partial charge in [0.25, 0.3) is 0 Å². The minimum Gasteiger partial charge on any atom is -0.366 e. The van der Waals surface area contributed by atoms with E-state index in [-0.39, 0.29) is 5.78 Å². The summed E-state index contributed by atoms with van der Waals surface area (Å²) >= 11 is 5.80. The molecule has 3 nitrogen and oxygen atoms in total. The second kappa shape index (κ2) is 4.24. The lowest BCUT2D eigenvalue weighted by Gasteiger charge is -2.03. The molecular formula is C10H10ClNO2. The SMILES string of the molecule is CCC(=O)c1cc(C(N)=O)ccc1Cl. The molecule has 0 aliphatic heterocycles. The highest BCUT2D eigenvalue weighted by Crippen LogP contribution is 2.19. The van der Waals surface area contributed by atoms with Crippen LogP contribution in [0, 0.1) is 0 Å². The smallest absolute Gasteiger partial charge is 0.248 e. The molecule has 0 aromatic heterocycles. The van der Waals surface area contributed by atoms with Crippen LogP contribution in [0.5, 0.6) is 0 Å². The number of hydrogen-bond donors (Lipinski definition) is 1. The number of carbonyl (C=O) groups is 2. The fourth-order valence-electron chi connectivity index (χ4n) is 1.08. The van der Waals surface area contributed by atoms with Crippen molar-refractivity contribution in [2.24, 2.45) is 5.73 Å². The minimum absolute atomic E-state index is 0.0990. The minimum atomic E-state index is -0.563. The number of nitrogens with two attached hydrogens (primary N) is 1. The quantitative estimate of drug-likeness (QED) is 0.778. The average Bonchev–Trinajstić information content (AvgIpc) is 2.17. The highest BCUT2D eigenvalue weighted by molar-refractivity contribution is 6.34. The maximum absolute atomic E-state index is 11.4. The van der Waals surface area contributed by atoms with Crippen molar-refractivity contribution in [3.63, 3.8) is 0 Å². The molecule has 0 bridgehead atoms. The Kier molecular flexibility index (Phi) is 3.25. The molecule has 0 radical (unpaired) electrons. The van der Waals surface area contributed by atoms with Gasteiger partial charge in [0.15, 0.2) is 5.78 Å². The Hall–Kier alpha value is -1.35. The van der Waals surface area contributed by atoms with Gasteiger partial charge in [0.1, 0.15) is 0 Å². The molecule has 0 atom stereocenters. The van der Waals surface area contributed by atoms with Gasteiger partial charge in [-0.3, -0.25) is 9.59 Å². The van der Waals surface area contributed by atoms with E-state index in [1.54, 1.807) is 6.92 Å². The van der Waals surface area contributed by atoms with E-state index in [9.17, 15) is 9.59 Å². The van der Waals surface area contributed by atoms with E-state index < -0.39 is 5.91 Å². The molecule has 1 aromatic rings. The third-order valence-electron chi connectivity index (χ3n) is 1.87. The number of ketones is 1. The van der Waals surface area contributed by atoms with Gasteiger partial charge in [-0.2, -0.15) is 0 Å². The second-order valence-corrected chi connectivity index (χ2v) is 3.24. The van der Waals surface area contributed by atoms with E-state index >= 15 is 0 Å². The van der Waals surface area contributed by atoms with E-state index in [1.807, 2.05) is 0 Å². The molecular weight excluding hydrogens is 202 g/mol. The van der Waals surface area contributed by atoms with Crippen LogP contribution in [0.3, 0.4) is 0 Å². The van der Waals surface area contributed by atoms with Crippen molar-refractivity contribution in [2.75, 3.05) is 0 Å². The predicted molar refractivity (Wildman–Crippen MR) is 54.6 cm³/mol. The molecule has 0 saturated heterocycles. The number of halogens is 1. The van der Waals surface area contributed by atoms with Crippen LogP contribution in [0.1, 0.15) is 34.1 Å². The Bertz CT molecular complexity index is 388. The van der Waals surface area contributed by atoms with Gasteiger partial charge in [-0.25, -0.2) is 0 Å². The number of hydrogen-bond acceptors (Lipinski definition) is 2. The number of amides is 1. The van der Waals surface area contributed by atoms with Gasteiger partial charge >= 0.3 is 0 Å². The second-order valence-electron chi connectivity index (χ2n) is 2.84. The fourth-order valence-corrected chi connectivity index (χ4v) is 1.31. The van der Waals surface area contributed by atoms with Crippen molar-refractivity contribution >= 4 is 23.3 Å². The molecule has 4 heteroatoms. The average molecular weight is 212 g/mol. The summed E-state index contributed by atoms with van der Waals surface area (Å²) in [6.07, 6.45) is 0.349. The summed E-state index contributed by atoms with van der Waals surface area (Å²) in [5.74, 6) is -0.662. The Morgan fingerprint density at radius 2 is 2.07 bits per heavy atom. The van der Waals surface area contributed by atoms with Crippen LogP contribution in [0.4, 0.5) is 0 Å². The summed E-state index contributed by atoms with van der Waals surface area (Å²) < 4.78 is 0. The predicted octanol–water partition coefficient (Wildman–Crippen LogP) is 2.03. The van der Waals surface area contributed by atoms with Crippen molar-refractivity contribution in [1.29, 1.82) is 0 Å². The summed E-state index contributed by atoms with van der Waals surface area (Å²) in [7, 11) is 0. The van der Waals surface area contributed by atoms with Crippen LogP contribution in [0.15, 0.2) is 18.2 Å². The van der Waals surface area contributed by atoms with Gasteiger partial charge in [-0.15, -0.1) is 0 Å². The zero-order valence-corrected chi connectivity index (χ0v) is 8.47. The fraction of sp³-hybridized carbons (Fsp3) is 0.200. The molecule has 1 amide bonds. The molecule has 14 heavy (non-hydrogen) atoms. The van der Waals surface area contributed by atoms with Crippen molar-refractivity contribution in [1.82, 2.24) is 0 Å². The topological polar surface area (TPSA) is 60.2 Å². The largest absolute Gasteiger partial charge is 0.366 e. The summed E-state index contributed by atoms with van der Waals surface area (Å²) in [5.41, 5.74) is 5.73. The number of primary amides is 1. The molecule has 0 unspecified atom stereocenters.